The van der Waals surface area contributed by atoms with Gasteiger partial charge in [-0.25, -0.2) is 4.79 Å². The monoisotopic (exact) mass is 426 g/mol. The average Bonchev–Trinajstić information content (AvgIpc) is 2.96. The molecule has 0 saturated carbocycles. The number of amides is 2. The first-order valence-electron chi connectivity index (χ1n) is 8.88. The molecule has 3 rings (SSSR count). The highest BCUT2D eigenvalue weighted by Gasteiger charge is 2.31. The van der Waals surface area contributed by atoms with Gasteiger partial charge in [-0.15, -0.1) is 0 Å². The fourth-order valence-corrected chi connectivity index (χ4v) is 4.07. The summed E-state index contributed by atoms with van der Waals surface area (Å²) < 4.78 is 0. The molecule has 2 N–H and O–H groups in total. The summed E-state index contributed by atoms with van der Waals surface area (Å²) in [5.74, 6) is -1.42. The van der Waals surface area contributed by atoms with Crippen molar-refractivity contribution in [1.29, 1.82) is 0 Å². The van der Waals surface area contributed by atoms with Crippen LogP contribution in [0.1, 0.15) is 28.8 Å². The number of nitrogens with zero attached hydrogens (tertiary/aromatic N) is 1. The number of rotatable bonds is 7. The lowest BCUT2D eigenvalue weighted by Gasteiger charge is -2.14. The molecule has 0 bridgehead atoms. The van der Waals surface area contributed by atoms with Crippen molar-refractivity contribution >= 4 is 57.8 Å². The van der Waals surface area contributed by atoms with Gasteiger partial charge in [-0.05, 0) is 42.0 Å². The zero-order chi connectivity index (χ0) is 20.8. The topological polar surface area (TPSA) is 86.7 Å². The molecule has 0 aromatic heterocycles. The number of carbonyl (C=O) groups excluding carboxylic acids is 2. The maximum atomic E-state index is 12.3. The summed E-state index contributed by atoms with van der Waals surface area (Å²) in [4.78, 5) is 38.3. The lowest BCUT2D eigenvalue weighted by Crippen LogP contribution is -2.28. The summed E-state index contributed by atoms with van der Waals surface area (Å²) in [5, 5.41) is 11.6. The minimum Gasteiger partial charge on any atom is -0.478 e. The Bertz CT molecular complexity index is 989. The highest BCUT2D eigenvalue weighted by Crippen LogP contribution is 2.33. The lowest BCUT2D eigenvalue weighted by atomic mass is 10.1. The Morgan fingerprint density at radius 2 is 1.79 bits per heavy atom. The first-order valence-corrected chi connectivity index (χ1v) is 10.1. The Balaban J connectivity index is 1.55. The van der Waals surface area contributed by atoms with Gasteiger partial charge in [0.05, 0.1) is 16.2 Å². The van der Waals surface area contributed by atoms with E-state index in [1.807, 2.05) is 36.4 Å². The molecule has 29 heavy (non-hydrogen) atoms. The molecule has 1 aliphatic rings. The zero-order valence-corrected chi connectivity index (χ0v) is 17.0. The van der Waals surface area contributed by atoms with Gasteiger partial charge in [0.15, 0.2) is 0 Å². The Kier molecular flexibility index (Phi) is 6.79. The van der Waals surface area contributed by atoms with Crippen LogP contribution in [0.5, 0.6) is 0 Å². The maximum Gasteiger partial charge on any atom is 0.337 e. The summed E-state index contributed by atoms with van der Waals surface area (Å²) in [6.07, 6.45) is 2.43. The Labute approximate surface area is 177 Å². The summed E-state index contributed by atoms with van der Waals surface area (Å²) in [5.41, 5.74) is 1.24. The van der Waals surface area contributed by atoms with Crippen molar-refractivity contribution in [3.63, 3.8) is 0 Å². The van der Waals surface area contributed by atoms with E-state index in [9.17, 15) is 14.4 Å². The molecular weight excluding hydrogens is 408 g/mol. The quantitative estimate of drug-likeness (QED) is 0.495. The predicted molar refractivity (Wildman–Crippen MR) is 118 cm³/mol. The van der Waals surface area contributed by atoms with E-state index in [0.29, 0.717) is 18.0 Å². The second-order valence-corrected chi connectivity index (χ2v) is 7.63. The highest BCUT2D eigenvalue weighted by molar-refractivity contribution is 8.19. The van der Waals surface area contributed by atoms with Gasteiger partial charge in [-0.3, -0.25) is 14.5 Å². The molecule has 0 unspecified atom stereocenters. The first kappa shape index (κ1) is 20.8. The van der Waals surface area contributed by atoms with E-state index in [4.69, 9.17) is 17.3 Å². The van der Waals surface area contributed by atoms with E-state index in [-0.39, 0.29) is 28.8 Å². The third-order valence-electron chi connectivity index (χ3n) is 4.19. The number of thiocarbonyl (C=S) groups is 1. The molecule has 1 heterocycles. The molecule has 1 saturated heterocycles. The van der Waals surface area contributed by atoms with Crippen molar-refractivity contribution in [1.82, 2.24) is 4.90 Å². The van der Waals surface area contributed by atoms with Gasteiger partial charge < -0.3 is 10.4 Å². The van der Waals surface area contributed by atoms with Gasteiger partial charge in [0.2, 0.25) is 5.91 Å². The van der Waals surface area contributed by atoms with Crippen LogP contribution in [0.4, 0.5) is 10.5 Å². The normalized spacial score (nSPS) is 15.0. The standard InChI is InChI=1S/C21H18N2O4S2/c24-18(22-16-10-5-4-9-15(16)20(25)26)11-6-12-23-19(28)17(29-21(23)27)13-14-7-2-1-3-8-14/h1-5,7-10,13H,6,11-12H2,(H,22,24)(H,25,26)/b17-13+. The van der Waals surface area contributed by atoms with Crippen LogP contribution in [-0.4, -0.2) is 38.7 Å². The number of carboxylic acid groups (broad SMARTS) is 1. The Hall–Kier alpha value is -2.97. The number of para-hydroxylation sites is 1. The Morgan fingerprint density at radius 3 is 2.52 bits per heavy atom. The molecule has 2 amide bonds. The van der Waals surface area contributed by atoms with Crippen molar-refractivity contribution in [2.45, 2.75) is 12.8 Å². The largest absolute Gasteiger partial charge is 0.478 e. The van der Waals surface area contributed by atoms with Crippen LogP contribution in [0.25, 0.3) is 6.08 Å². The number of hydrogen-bond donors (Lipinski definition) is 2. The zero-order valence-electron chi connectivity index (χ0n) is 15.3. The fourth-order valence-electron chi connectivity index (χ4n) is 2.78. The van der Waals surface area contributed by atoms with Crippen molar-refractivity contribution in [2.75, 3.05) is 11.9 Å². The molecule has 2 aromatic rings. The molecule has 148 valence electrons. The number of carbonyl (C=O) groups is 3. The molecular formula is C21H18N2O4S2. The smallest absolute Gasteiger partial charge is 0.337 e. The Morgan fingerprint density at radius 1 is 1.10 bits per heavy atom. The second-order valence-electron chi connectivity index (χ2n) is 6.25. The molecule has 0 atom stereocenters. The average molecular weight is 427 g/mol. The number of hydrogen-bond acceptors (Lipinski definition) is 5. The van der Waals surface area contributed by atoms with E-state index in [1.54, 1.807) is 12.1 Å². The summed E-state index contributed by atoms with van der Waals surface area (Å²) in [7, 11) is 0. The molecule has 0 aliphatic carbocycles. The van der Waals surface area contributed by atoms with E-state index in [0.717, 1.165) is 22.2 Å². The van der Waals surface area contributed by atoms with Crippen LogP contribution in [0.3, 0.4) is 0 Å². The van der Waals surface area contributed by atoms with Gasteiger partial charge in [0, 0.05) is 13.0 Å². The van der Waals surface area contributed by atoms with Gasteiger partial charge in [-0.2, -0.15) is 0 Å². The predicted octanol–water partition coefficient (Wildman–Crippen LogP) is 4.64. The summed E-state index contributed by atoms with van der Waals surface area (Å²) >= 11 is 6.50. The minimum absolute atomic E-state index is 0.0313. The number of nitrogens with one attached hydrogen (secondary N) is 1. The van der Waals surface area contributed by atoms with Crippen LogP contribution >= 0.6 is 24.0 Å². The number of anilines is 1. The third kappa shape index (κ3) is 5.30. The van der Waals surface area contributed by atoms with Crippen molar-refractivity contribution in [3.8, 4) is 0 Å². The van der Waals surface area contributed by atoms with E-state index in [2.05, 4.69) is 5.32 Å². The van der Waals surface area contributed by atoms with Gasteiger partial charge in [-0.1, -0.05) is 54.7 Å². The van der Waals surface area contributed by atoms with E-state index >= 15 is 0 Å². The molecule has 6 nitrogen and oxygen atoms in total. The summed E-state index contributed by atoms with van der Waals surface area (Å²) in [6, 6.07) is 15.8. The highest BCUT2D eigenvalue weighted by atomic mass is 32.2. The van der Waals surface area contributed by atoms with Crippen LogP contribution in [0.15, 0.2) is 59.5 Å². The van der Waals surface area contributed by atoms with Crippen molar-refractivity contribution in [3.05, 3.63) is 70.6 Å². The maximum absolute atomic E-state index is 12.3. The van der Waals surface area contributed by atoms with Gasteiger partial charge >= 0.3 is 5.97 Å². The van der Waals surface area contributed by atoms with E-state index < -0.39 is 5.97 Å². The van der Waals surface area contributed by atoms with Crippen LogP contribution in [0, 0.1) is 0 Å². The van der Waals surface area contributed by atoms with Crippen molar-refractivity contribution in [2.24, 2.45) is 0 Å². The molecule has 1 fully saturated rings. The molecule has 0 radical (unpaired) electrons. The molecule has 2 aromatic carbocycles. The third-order valence-corrected chi connectivity index (χ3v) is 5.68. The number of aromatic carboxylic acids is 1. The number of benzene rings is 2. The molecule has 8 heteroatoms. The van der Waals surface area contributed by atoms with Gasteiger partial charge in [0.25, 0.3) is 5.24 Å². The number of thioether (sulfide) groups is 1. The molecule has 1 aliphatic heterocycles. The van der Waals surface area contributed by atoms with E-state index in [1.165, 1.54) is 17.0 Å². The minimum atomic E-state index is -1.11. The van der Waals surface area contributed by atoms with Gasteiger partial charge in [0.1, 0.15) is 4.99 Å². The second kappa shape index (κ2) is 9.49. The van der Waals surface area contributed by atoms with Crippen LogP contribution < -0.4 is 5.32 Å². The number of carboxylic acids is 1. The first-order chi connectivity index (χ1) is 14.0. The van der Waals surface area contributed by atoms with Crippen LogP contribution in [0.2, 0.25) is 0 Å². The van der Waals surface area contributed by atoms with Crippen molar-refractivity contribution < 1.29 is 19.5 Å². The lowest BCUT2D eigenvalue weighted by molar-refractivity contribution is -0.116. The summed E-state index contributed by atoms with van der Waals surface area (Å²) in [6.45, 7) is 0.324. The fraction of sp³-hybridized carbons (Fsp3) is 0.143. The molecule has 0 spiro atoms. The SMILES string of the molecule is O=C(CCCN1C(=O)S/C(=C/c2ccccc2)C1=S)Nc1ccccc1C(=O)O. The van der Waals surface area contributed by atoms with Crippen LogP contribution in [-0.2, 0) is 4.79 Å².